The van der Waals surface area contributed by atoms with Gasteiger partial charge in [-0.15, -0.1) is 0 Å². The molecule has 1 fully saturated rings. The third kappa shape index (κ3) is 4.95. The molecule has 3 unspecified atom stereocenters. The van der Waals surface area contributed by atoms with Crippen LogP contribution in [0.4, 0.5) is 0 Å². The number of thioether (sulfide) groups is 1. The second kappa shape index (κ2) is 7.55. The van der Waals surface area contributed by atoms with Gasteiger partial charge < -0.3 is 15.2 Å². The number of ether oxygens (including phenoxy) is 1. The van der Waals surface area contributed by atoms with E-state index in [-0.39, 0.29) is 0 Å². The first kappa shape index (κ1) is 14.3. The molecular formula is C11H19NO4S. The Kier molecular flexibility index (Phi) is 6.36. The first-order valence-corrected chi connectivity index (χ1v) is 6.79. The lowest BCUT2D eigenvalue weighted by Crippen LogP contribution is -2.38. The van der Waals surface area contributed by atoms with Crippen LogP contribution in [0.1, 0.15) is 25.7 Å². The van der Waals surface area contributed by atoms with Gasteiger partial charge in [0.1, 0.15) is 6.04 Å². The largest absolute Gasteiger partial charge is 0.480 e. The minimum Gasteiger partial charge on any atom is -0.480 e. The summed E-state index contributed by atoms with van der Waals surface area (Å²) in [4.78, 5) is 21.1. The van der Waals surface area contributed by atoms with Crippen LogP contribution in [0.25, 0.3) is 0 Å². The zero-order chi connectivity index (χ0) is 12.7. The summed E-state index contributed by atoms with van der Waals surface area (Å²) >= 11 is 1.61. The highest BCUT2D eigenvalue weighted by atomic mass is 32.2. The van der Waals surface area contributed by atoms with Crippen molar-refractivity contribution in [2.45, 2.75) is 43.1 Å². The van der Waals surface area contributed by atoms with Crippen molar-refractivity contribution in [2.24, 2.45) is 0 Å². The maximum absolute atomic E-state index is 10.8. The van der Waals surface area contributed by atoms with Crippen LogP contribution in [0.5, 0.6) is 0 Å². The number of carbonyl (C=O) groups excluding carboxylic acids is 1. The lowest BCUT2D eigenvalue weighted by molar-refractivity contribution is -0.139. The van der Waals surface area contributed by atoms with E-state index in [1.807, 2.05) is 0 Å². The number of methoxy groups -OCH3 is 1. The molecular weight excluding hydrogens is 242 g/mol. The van der Waals surface area contributed by atoms with Crippen molar-refractivity contribution in [1.82, 2.24) is 5.32 Å². The zero-order valence-corrected chi connectivity index (χ0v) is 10.7. The number of hydrogen-bond acceptors (Lipinski definition) is 4. The van der Waals surface area contributed by atoms with Crippen LogP contribution < -0.4 is 5.32 Å². The Morgan fingerprint density at radius 2 is 2.41 bits per heavy atom. The molecule has 0 radical (unpaired) electrons. The monoisotopic (exact) mass is 261 g/mol. The fourth-order valence-electron chi connectivity index (χ4n) is 1.97. The molecule has 3 atom stereocenters. The maximum atomic E-state index is 10.8. The molecule has 0 aromatic carbocycles. The number of carbonyl (C=O) groups is 2. The predicted molar refractivity (Wildman–Crippen MR) is 66.1 cm³/mol. The lowest BCUT2D eigenvalue weighted by atomic mass is 9.97. The average molecular weight is 261 g/mol. The van der Waals surface area contributed by atoms with Gasteiger partial charge in [-0.05, 0) is 25.7 Å². The standard InChI is InChI=1S/C11H19NO4S/c1-16-8-3-2-4-9(5-8)17-6-10(11(14)15)12-7-13/h7-10H,2-6H2,1H3,(H,12,13)(H,14,15). The van der Waals surface area contributed by atoms with Crippen LogP contribution in [0.15, 0.2) is 0 Å². The minimum atomic E-state index is -0.983. The van der Waals surface area contributed by atoms with Crippen molar-refractivity contribution >= 4 is 24.1 Å². The molecule has 98 valence electrons. The second-order valence-corrected chi connectivity index (χ2v) is 5.49. The van der Waals surface area contributed by atoms with E-state index in [1.165, 1.54) is 0 Å². The fraction of sp³-hybridized carbons (Fsp3) is 0.818. The van der Waals surface area contributed by atoms with Gasteiger partial charge >= 0.3 is 5.97 Å². The number of carboxylic acids is 1. The molecule has 0 heterocycles. The molecule has 0 aliphatic heterocycles. The van der Waals surface area contributed by atoms with Crippen molar-refractivity contribution in [2.75, 3.05) is 12.9 Å². The molecule has 0 aromatic heterocycles. The van der Waals surface area contributed by atoms with E-state index in [1.54, 1.807) is 18.9 Å². The highest BCUT2D eigenvalue weighted by Gasteiger charge is 2.24. The Hall–Kier alpha value is -0.750. The first-order valence-electron chi connectivity index (χ1n) is 5.74. The quantitative estimate of drug-likeness (QED) is 0.665. The molecule has 1 saturated carbocycles. The summed E-state index contributed by atoms with van der Waals surface area (Å²) in [6, 6.07) is -0.791. The summed E-state index contributed by atoms with van der Waals surface area (Å²) in [6.45, 7) is 0. The van der Waals surface area contributed by atoms with E-state index < -0.39 is 12.0 Å². The van der Waals surface area contributed by atoms with E-state index in [9.17, 15) is 9.59 Å². The van der Waals surface area contributed by atoms with Gasteiger partial charge in [0.15, 0.2) is 0 Å². The highest BCUT2D eigenvalue weighted by Crippen LogP contribution is 2.30. The lowest BCUT2D eigenvalue weighted by Gasteiger charge is -2.28. The Labute approximate surface area is 105 Å². The van der Waals surface area contributed by atoms with Crippen molar-refractivity contribution < 1.29 is 19.4 Å². The van der Waals surface area contributed by atoms with Crippen LogP contribution in [-0.4, -0.2) is 47.7 Å². The van der Waals surface area contributed by atoms with Crippen LogP contribution >= 0.6 is 11.8 Å². The molecule has 2 N–H and O–H groups in total. The SMILES string of the molecule is COC1CCCC(SCC(NC=O)C(=O)O)C1. The second-order valence-electron chi connectivity index (χ2n) is 4.15. The van der Waals surface area contributed by atoms with Crippen molar-refractivity contribution in [1.29, 1.82) is 0 Å². The van der Waals surface area contributed by atoms with Gasteiger partial charge in [0, 0.05) is 18.1 Å². The molecule has 5 nitrogen and oxygen atoms in total. The minimum absolute atomic E-state index is 0.295. The highest BCUT2D eigenvalue weighted by molar-refractivity contribution is 8.00. The Morgan fingerprint density at radius 3 is 3.00 bits per heavy atom. The zero-order valence-electron chi connectivity index (χ0n) is 9.93. The molecule has 1 amide bonds. The topological polar surface area (TPSA) is 75.6 Å². The van der Waals surface area contributed by atoms with Gasteiger partial charge in [-0.25, -0.2) is 4.79 Å². The normalized spacial score (nSPS) is 26.2. The Morgan fingerprint density at radius 1 is 1.65 bits per heavy atom. The summed E-state index contributed by atoms with van der Waals surface area (Å²) in [5.74, 6) is -0.571. The molecule has 1 rings (SSSR count). The van der Waals surface area contributed by atoms with E-state index in [0.29, 0.717) is 23.5 Å². The van der Waals surface area contributed by atoms with Gasteiger partial charge in [0.25, 0.3) is 0 Å². The Balaban J connectivity index is 2.32. The van der Waals surface area contributed by atoms with Gasteiger partial charge in [0.05, 0.1) is 6.10 Å². The summed E-state index contributed by atoms with van der Waals surface area (Å²) in [5, 5.41) is 11.6. The molecule has 17 heavy (non-hydrogen) atoms. The van der Waals surface area contributed by atoms with Gasteiger partial charge in [0.2, 0.25) is 6.41 Å². The van der Waals surface area contributed by atoms with Crippen LogP contribution in [-0.2, 0) is 14.3 Å². The van der Waals surface area contributed by atoms with Gasteiger partial charge in [-0.1, -0.05) is 0 Å². The molecule has 0 aromatic rings. The summed E-state index contributed by atoms with van der Waals surface area (Å²) < 4.78 is 5.32. The number of amides is 1. The number of nitrogens with one attached hydrogen (secondary N) is 1. The third-order valence-electron chi connectivity index (χ3n) is 2.98. The van der Waals surface area contributed by atoms with Crippen molar-refractivity contribution in [3.8, 4) is 0 Å². The van der Waals surface area contributed by atoms with Gasteiger partial charge in [-0.2, -0.15) is 11.8 Å². The molecule has 1 aliphatic carbocycles. The van der Waals surface area contributed by atoms with E-state index >= 15 is 0 Å². The van der Waals surface area contributed by atoms with Gasteiger partial charge in [-0.3, -0.25) is 4.79 Å². The number of rotatable bonds is 7. The molecule has 6 heteroatoms. The maximum Gasteiger partial charge on any atom is 0.327 e. The van der Waals surface area contributed by atoms with Crippen LogP contribution in [0.3, 0.4) is 0 Å². The molecule has 1 aliphatic rings. The number of aliphatic carboxylic acids is 1. The van der Waals surface area contributed by atoms with E-state index in [4.69, 9.17) is 9.84 Å². The van der Waals surface area contributed by atoms with Crippen LogP contribution in [0.2, 0.25) is 0 Å². The first-order chi connectivity index (χ1) is 8.17. The predicted octanol–water partition coefficient (Wildman–Crippen LogP) is 0.876. The average Bonchev–Trinajstić information content (AvgIpc) is 2.34. The fourth-order valence-corrected chi connectivity index (χ4v) is 3.36. The van der Waals surface area contributed by atoms with E-state index in [2.05, 4.69) is 5.32 Å². The number of carboxylic acid groups (broad SMARTS) is 1. The summed E-state index contributed by atoms with van der Waals surface area (Å²) in [6.07, 6.45) is 5.01. The smallest absolute Gasteiger partial charge is 0.327 e. The molecule has 0 spiro atoms. The Bertz CT molecular complexity index is 262. The summed E-state index contributed by atoms with van der Waals surface area (Å²) in [5.41, 5.74) is 0. The molecule has 0 saturated heterocycles. The third-order valence-corrected chi connectivity index (χ3v) is 4.40. The number of hydrogen-bond donors (Lipinski definition) is 2. The van der Waals surface area contributed by atoms with Crippen molar-refractivity contribution in [3.05, 3.63) is 0 Å². The molecule has 0 bridgehead atoms. The summed E-state index contributed by atoms with van der Waals surface area (Å²) in [7, 11) is 1.71. The van der Waals surface area contributed by atoms with Crippen molar-refractivity contribution in [3.63, 3.8) is 0 Å². The van der Waals surface area contributed by atoms with E-state index in [0.717, 1.165) is 25.7 Å². The van der Waals surface area contributed by atoms with Crippen LogP contribution in [0, 0.1) is 0 Å².